The Hall–Kier alpha value is -2.86. The van der Waals surface area contributed by atoms with Crippen LogP contribution in [-0.4, -0.2) is 46.0 Å². The number of piperidine rings is 1. The molecule has 2 aliphatic rings. The lowest BCUT2D eigenvalue weighted by Crippen LogP contribution is -2.42. The molecule has 0 atom stereocenters. The van der Waals surface area contributed by atoms with Gasteiger partial charge in [-0.25, -0.2) is 4.98 Å². The second-order valence-corrected chi connectivity index (χ2v) is 8.79. The van der Waals surface area contributed by atoms with Gasteiger partial charge in [0, 0.05) is 12.6 Å². The number of carbonyl (C=O) groups excluding carboxylic acids is 1. The van der Waals surface area contributed by atoms with Crippen molar-refractivity contribution in [3.63, 3.8) is 0 Å². The molecule has 1 amide bonds. The van der Waals surface area contributed by atoms with Gasteiger partial charge in [-0.3, -0.25) is 9.69 Å². The van der Waals surface area contributed by atoms with Crippen molar-refractivity contribution in [2.24, 2.45) is 5.92 Å². The van der Waals surface area contributed by atoms with Gasteiger partial charge in [0.25, 0.3) is 0 Å². The molecule has 6 heteroatoms. The Morgan fingerprint density at radius 3 is 2.52 bits per heavy atom. The molecule has 1 N–H and O–H groups in total. The van der Waals surface area contributed by atoms with Gasteiger partial charge in [0.1, 0.15) is 18.2 Å². The van der Waals surface area contributed by atoms with Crippen molar-refractivity contribution >= 4 is 16.9 Å². The molecule has 2 aromatic carbocycles. The van der Waals surface area contributed by atoms with Gasteiger partial charge < -0.3 is 14.6 Å². The van der Waals surface area contributed by atoms with Crippen LogP contribution >= 0.6 is 0 Å². The molecule has 1 saturated heterocycles. The fourth-order valence-corrected chi connectivity index (χ4v) is 4.39. The third-order valence-electron chi connectivity index (χ3n) is 6.30. The molecule has 0 bridgehead atoms. The highest BCUT2D eigenvalue weighted by atomic mass is 16.5. The minimum absolute atomic E-state index is 0.182. The summed E-state index contributed by atoms with van der Waals surface area (Å²) in [5, 5.41) is 3.10. The van der Waals surface area contributed by atoms with Crippen LogP contribution in [0.15, 0.2) is 54.6 Å². The second-order valence-electron chi connectivity index (χ2n) is 8.79. The first-order valence-corrected chi connectivity index (χ1v) is 11.4. The highest BCUT2D eigenvalue weighted by molar-refractivity contribution is 5.78. The Morgan fingerprint density at radius 2 is 1.74 bits per heavy atom. The van der Waals surface area contributed by atoms with Crippen LogP contribution in [0.3, 0.4) is 0 Å². The van der Waals surface area contributed by atoms with Crippen LogP contribution in [-0.2, 0) is 17.9 Å². The molecule has 0 unspecified atom stereocenters. The molecule has 1 aliphatic heterocycles. The lowest BCUT2D eigenvalue weighted by molar-refractivity contribution is -0.122. The Bertz CT molecular complexity index is 1020. The Balaban J connectivity index is 1.22. The number of ether oxygens (including phenoxy) is 1. The molecular formula is C25H30N4O2. The molecule has 0 spiro atoms. The third-order valence-corrected chi connectivity index (χ3v) is 6.30. The normalized spacial score (nSPS) is 17.7. The van der Waals surface area contributed by atoms with Crippen molar-refractivity contribution in [1.82, 2.24) is 19.8 Å². The average Bonchev–Trinajstić information content (AvgIpc) is 3.54. The average molecular weight is 419 g/mol. The van der Waals surface area contributed by atoms with Crippen LogP contribution in [0.5, 0.6) is 5.75 Å². The zero-order valence-corrected chi connectivity index (χ0v) is 17.9. The maximum Gasteiger partial charge on any atom is 0.234 e. The second kappa shape index (κ2) is 9.10. The van der Waals surface area contributed by atoms with Gasteiger partial charge in [0.2, 0.25) is 5.91 Å². The van der Waals surface area contributed by atoms with E-state index in [0.717, 1.165) is 62.4 Å². The molecule has 1 aromatic heterocycles. The number of likely N-dealkylation sites (tertiary alicyclic amines) is 1. The van der Waals surface area contributed by atoms with E-state index < -0.39 is 0 Å². The molecule has 162 valence electrons. The van der Waals surface area contributed by atoms with E-state index in [9.17, 15) is 4.79 Å². The summed E-state index contributed by atoms with van der Waals surface area (Å²) < 4.78 is 8.34. The molecular weight excluding hydrogens is 388 g/mol. The number of imidazole rings is 1. The van der Waals surface area contributed by atoms with E-state index in [2.05, 4.69) is 33.0 Å². The van der Waals surface area contributed by atoms with Gasteiger partial charge in [0.05, 0.1) is 17.6 Å². The van der Waals surface area contributed by atoms with E-state index in [4.69, 9.17) is 9.72 Å². The van der Waals surface area contributed by atoms with E-state index in [1.54, 1.807) is 0 Å². The number of nitrogens with one attached hydrogen (secondary N) is 1. The molecule has 1 saturated carbocycles. The summed E-state index contributed by atoms with van der Waals surface area (Å²) in [7, 11) is 0. The lowest BCUT2D eigenvalue weighted by atomic mass is 9.96. The molecule has 2 fully saturated rings. The van der Waals surface area contributed by atoms with Gasteiger partial charge in [-0.15, -0.1) is 0 Å². The first kappa shape index (κ1) is 20.1. The SMILES string of the molecule is O=C(CN1CCC(Cn2c(COc3ccccc3)nc3ccccc32)CC1)NC1CC1. The number of amides is 1. The summed E-state index contributed by atoms with van der Waals surface area (Å²) in [6.45, 7) is 3.89. The van der Waals surface area contributed by atoms with Crippen molar-refractivity contribution in [2.45, 2.75) is 44.9 Å². The smallest absolute Gasteiger partial charge is 0.234 e. The summed E-state index contributed by atoms with van der Waals surface area (Å²) >= 11 is 0. The molecule has 3 aromatic rings. The van der Waals surface area contributed by atoms with E-state index in [1.807, 2.05) is 36.4 Å². The lowest BCUT2D eigenvalue weighted by Gasteiger charge is -2.32. The predicted octanol–water partition coefficient (Wildman–Crippen LogP) is 3.61. The zero-order valence-electron chi connectivity index (χ0n) is 17.9. The number of para-hydroxylation sites is 3. The highest BCUT2D eigenvalue weighted by Crippen LogP contribution is 2.25. The zero-order chi connectivity index (χ0) is 21.0. The standard InChI is InChI=1S/C25H30N4O2/c30-25(26-20-10-11-20)17-28-14-12-19(13-15-28)16-29-23-9-5-4-8-22(23)27-24(29)18-31-21-6-2-1-3-7-21/h1-9,19-20H,10-18H2,(H,26,30). The van der Waals surface area contributed by atoms with Crippen LogP contribution in [0.2, 0.25) is 0 Å². The van der Waals surface area contributed by atoms with E-state index >= 15 is 0 Å². The molecule has 31 heavy (non-hydrogen) atoms. The van der Waals surface area contributed by atoms with Crippen LogP contribution in [0.25, 0.3) is 11.0 Å². The van der Waals surface area contributed by atoms with Gasteiger partial charge in [-0.05, 0) is 69.0 Å². The Morgan fingerprint density at radius 1 is 1.00 bits per heavy atom. The first-order valence-electron chi connectivity index (χ1n) is 11.4. The maximum absolute atomic E-state index is 12.1. The molecule has 6 nitrogen and oxygen atoms in total. The van der Waals surface area contributed by atoms with Gasteiger partial charge in [0.15, 0.2) is 0 Å². The molecule has 1 aliphatic carbocycles. The minimum Gasteiger partial charge on any atom is -0.486 e. The van der Waals surface area contributed by atoms with Crippen LogP contribution in [0.4, 0.5) is 0 Å². The van der Waals surface area contributed by atoms with Crippen LogP contribution in [0.1, 0.15) is 31.5 Å². The summed E-state index contributed by atoms with van der Waals surface area (Å²) in [6.07, 6.45) is 4.48. The van der Waals surface area contributed by atoms with E-state index in [-0.39, 0.29) is 5.91 Å². The molecule has 0 radical (unpaired) electrons. The number of nitrogens with zero attached hydrogens (tertiary/aromatic N) is 3. The number of aromatic nitrogens is 2. The van der Waals surface area contributed by atoms with E-state index in [0.29, 0.717) is 25.1 Å². The minimum atomic E-state index is 0.182. The number of rotatable bonds is 8. The number of benzene rings is 2. The predicted molar refractivity (Wildman–Crippen MR) is 121 cm³/mol. The van der Waals surface area contributed by atoms with E-state index in [1.165, 1.54) is 5.52 Å². The fraction of sp³-hybridized carbons (Fsp3) is 0.440. The Kier molecular flexibility index (Phi) is 5.89. The van der Waals surface area contributed by atoms with Crippen molar-refractivity contribution in [3.8, 4) is 5.75 Å². The fourth-order valence-electron chi connectivity index (χ4n) is 4.39. The molecule has 2 heterocycles. The van der Waals surface area contributed by atoms with Crippen LogP contribution in [0, 0.1) is 5.92 Å². The summed E-state index contributed by atoms with van der Waals surface area (Å²) in [5.41, 5.74) is 2.18. The molecule has 5 rings (SSSR count). The summed E-state index contributed by atoms with van der Waals surface area (Å²) in [6, 6.07) is 18.7. The third kappa shape index (κ3) is 5.07. The topological polar surface area (TPSA) is 59.4 Å². The first-order chi connectivity index (χ1) is 15.2. The van der Waals surface area contributed by atoms with Gasteiger partial charge >= 0.3 is 0 Å². The quantitative estimate of drug-likeness (QED) is 0.607. The number of fused-ring (bicyclic) bond motifs is 1. The number of hydrogen-bond donors (Lipinski definition) is 1. The summed E-state index contributed by atoms with van der Waals surface area (Å²) in [4.78, 5) is 19.2. The van der Waals surface area contributed by atoms with Crippen molar-refractivity contribution in [1.29, 1.82) is 0 Å². The largest absolute Gasteiger partial charge is 0.486 e. The van der Waals surface area contributed by atoms with Crippen molar-refractivity contribution in [3.05, 3.63) is 60.4 Å². The van der Waals surface area contributed by atoms with Crippen LogP contribution < -0.4 is 10.1 Å². The maximum atomic E-state index is 12.1. The summed E-state index contributed by atoms with van der Waals surface area (Å²) in [5.74, 6) is 2.59. The van der Waals surface area contributed by atoms with Gasteiger partial charge in [-0.2, -0.15) is 0 Å². The van der Waals surface area contributed by atoms with Crippen molar-refractivity contribution < 1.29 is 9.53 Å². The monoisotopic (exact) mass is 418 g/mol. The number of carbonyl (C=O) groups is 1. The highest BCUT2D eigenvalue weighted by Gasteiger charge is 2.26. The van der Waals surface area contributed by atoms with Gasteiger partial charge in [-0.1, -0.05) is 30.3 Å². The van der Waals surface area contributed by atoms with Crippen molar-refractivity contribution in [2.75, 3.05) is 19.6 Å². The number of hydrogen-bond acceptors (Lipinski definition) is 4. The Labute approximate surface area is 183 Å².